The van der Waals surface area contributed by atoms with Gasteiger partial charge >= 0.3 is 0 Å². The molecule has 1 aromatic carbocycles. The van der Waals surface area contributed by atoms with Gasteiger partial charge in [-0.2, -0.15) is 4.31 Å². The maximum Gasteiger partial charge on any atom is 0.273 e. The van der Waals surface area contributed by atoms with Crippen molar-refractivity contribution in [3.8, 4) is 0 Å². The molecule has 2 amide bonds. The second-order valence-corrected chi connectivity index (χ2v) is 8.84. The number of hydrogen-bond acceptors (Lipinski definition) is 6. The number of amides is 2. The largest absolute Gasteiger partial charge is 0.469 e. The Morgan fingerprint density at radius 1 is 1.00 bits per heavy atom. The van der Waals surface area contributed by atoms with Gasteiger partial charge in [-0.15, -0.1) is 0 Å². The van der Waals surface area contributed by atoms with Gasteiger partial charge in [-0.3, -0.25) is 20.4 Å². The number of nitrogens with zero attached hydrogens (tertiary/aromatic N) is 1. The van der Waals surface area contributed by atoms with E-state index in [9.17, 15) is 18.0 Å². The predicted molar refractivity (Wildman–Crippen MR) is 104 cm³/mol. The summed E-state index contributed by atoms with van der Waals surface area (Å²) in [5, 5.41) is 0. The Morgan fingerprint density at radius 2 is 1.59 bits per heavy atom. The lowest BCUT2D eigenvalue weighted by atomic mass is 10.2. The topological polar surface area (TPSA) is 118 Å². The van der Waals surface area contributed by atoms with E-state index in [2.05, 4.69) is 10.9 Å². The van der Waals surface area contributed by atoms with E-state index < -0.39 is 21.8 Å². The van der Waals surface area contributed by atoms with Gasteiger partial charge in [0.25, 0.3) is 11.8 Å². The molecule has 0 radical (unpaired) electrons. The Morgan fingerprint density at radius 3 is 2.14 bits per heavy atom. The van der Waals surface area contributed by atoms with Crippen LogP contribution in [0.2, 0.25) is 0 Å². The molecule has 3 rings (SSSR count). The zero-order valence-electron chi connectivity index (χ0n) is 16.3. The highest BCUT2D eigenvalue weighted by Crippen LogP contribution is 2.21. The first-order chi connectivity index (χ1) is 13.7. The third-order valence-electron chi connectivity index (χ3n) is 4.53. The molecular formula is C19H23N3O6S. The van der Waals surface area contributed by atoms with Crippen molar-refractivity contribution in [3.05, 3.63) is 53.5 Å². The minimum Gasteiger partial charge on any atom is -0.469 e. The Balaban J connectivity index is 1.65. The van der Waals surface area contributed by atoms with Crippen molar-refractivity contribution in [1.29, 1.82) is 0 Å². The van der Waals surface area contributed by atoms with Crippen molar-refractivity contribution in [2.75, 3.05) is 13.1 Å². The van der Waals surface area contributed by atoms with Crippen LogP contribution in [0.5, 0.6) is 0 Å². The van der Waals surface area contributed by atoms with E-state index in [0.717, 1.165) is 0 Å². The number of hydrogen-bond donors (Lipinski definition) is 2. The smallest absolute Gasteiger partial charge is 0.273 e. The molecular weight excluding hydrogens is 398 g/mol. The standard InChI is InChI=1S/C19H23N3O6S/c1-12-10-22(11-13(2)28-12)29(25,26)16-6-4-15(5-7-16)18(23)20-21-19(24)17-8-9-27-14(17)3/h4-9,12-13H,10-11H2,1-3H3,(H,20,23)(H,21,24)/t12-,13+. The fourth-order valence-electron chi connectivity index (χ4n) is 3.13. The third kappa shape index (κ3) is 4.66. The van der Waals surface area contributed by atoms with Crippen LogP contribution >= 0.6 is 0 Å². The van der Waals surface area contributed by atoms with Crippen molar-refractivity contribution in [3.63, 3.8) is 0 Å². The molecule has 9 nitrogen and oxygen atoms in total. The summed E-state index contributed by atoms with van der Waals surface area (Å²) in [6.45, 7) is 5.82. The number of nitrogens with one attached hydrogen (secondary N) is 2. The Labute approximate surface area is 169 Å². The van der Waals surface area contributed by atoms with Crippen LogP contribution in [0.25, 0.3) is 0 Å². The minimum atomic E-state index is -3.69. The molecule has 0 spiro atoms. The predicted octanol–water partition coefficient (Wildman–Crippen LogP) is 1.46. The summed E-state index contributed by atoms with van der Waals surface area (Å²) in [4.78, 5) is 24.3. The Bertz CT molecular complexity index is 989. The number of sulfonamides is 1. The van der Waals surface area contributed by atoms with E-state index in [1.54, 1.807) is 6.92 Å². The number of hydrazine groups is 1. The van der Waals surface area contributed by atoms with E-state index in [1.165, 1.54) is 40.9 Å². The summed E-state index contributed by atoms with van der Waals surface area (Å²) in [5.41, 5.74) is 5.09. The molecule has 0 unspecified atom stereocenters. The van der Waals surface area contributed by atoms with Crippen LogP contribution < -0.4 is 10.9 Å². The summed E-state index contributed by atoms with van der Waals surface area (Å²) < 4.78 is 37.7. The first-order valence-corrected chi connectivity index (χ1v) is 10.5. The number of carbonyl (C=O) groups excluding carboxylic acids is 2. The van der Waals surface area contributed by atoms with Gasteiger partial charge < -0.3 is 9.15 Å². The average molecular weight is 421 g/mol. The van der Waals surface area contributed by atoms with E-state index in [0.29, 0.717) is 11.3 Å². The molecule has 29 heavy (non-hydrogen) atoms. The Kier molecular flexibility index (Phi) is 6.06. The fourth-order valence-corrected chi connectivity index (χ4v) is 4.72. The van der Waals surface area contributed by atoms with Gasteiger partial charge in [0, 0.05) is 18.7 Å². The van der Waals surface area contributed by atoms with Crippen LogP contribution in [0.15, 0.2) is 45.9 Å². The second-order valence-electron chi connectivity index (χ2n) is 6.90. The summed E-state index contributed by atoms with van der Waals surface area (Å²) in [5.74, 6) is -0.658. The number of benzene rings is 1. The van der Waals surface area contributed by atoms with Gasteiger partial charge in [0.2, 0.25) is 10.0 Å². The van der Waals surface area contributed by atoms with Crippen LogP contribution in [0.4, 0.5) is 0 Å². The number of ether oxygens (including phenoxy) is 1. The lowest BCUT2D eigenvalue weighted by Gasteiger charge is -2.34. The molecule has 1 aliphatic heterocycles. The van der Waals surface area contributed by atoms with Crippen molar-refractivity contribution in [2.24, 2.45) is 0 Å². The number of carbonyl (C=O) groups is 2. The molecule has 156 valence electrons. The molecule has 10 heteroatoms. The van der Waals surface area contributed by atoms with Crippen molar-refractivity contribution >= 4 is 21.8 Å². The van der Waals surface area contributed by atoms with Crippen LogP contribution in [0.1, 0.15) is 40.3 Å². The molecule has 1 fully saturated rings. The zero-order valence-corrected chi connectivity index (χ0v) is 17.2. The normalized spacial score (nSPS) is 20.2. The first kappa shape index (κ1) is 21.0. The molecule has 0 bridgehead atoms. The minimum absolute atomic E-state index is 0.0911. The number of aryl methyl sites for hydroxylation is 1. The fraction of sp³-hybridized carbons (Fsp3) is 0.368. The van der Waals surface area contributed by atoms with Gasteiger partial charge in [0.05, 0.1) is 28.9 Å². The van der Waals surface area contributed by atoms with Gasteiger partial charge in [0.15, 0.2) is 0 Å². The van der Waals surface area contributed by atoms with E-state index >= 15 is 0 Å². The van der Waals surface area contributed by atoms with Gasteiger partial charge in [-0.1, -0.05) is 0 Å². The van der Waals surface area contributed by atoms with Gasteiger partial charge in [0.1, 0.15) is 5.76 Å². The molecule has 0 aliphatic carbocycles. The van der Waals surface area contributed by atoms with Gasteiger partial charge in [-0.25, -0.2) is 8.42 Å². The molecule has 1 aromatic heterocycles. The van der Waals surface area contributed by atoms with E-state index in [-0.39, 0.29) is 35.8 Å². The molecule has 2 atom stereocenters. The molecule has 2 aromatic rings. The molecule has 1 aliphatic rings. The maximum absolute atomic E-state index is 12.8. The Hall–Kier alpha value is -2.69. The number of furan rings is 1. The summed E-state index contributed by atoms with van der Waals surface area (Å²) >= 11 is 0. The van der Waals surface area contributed by atoms with E-state index in [1.807, 2.05) is 13.8 Å². The molecule has 2 N–H and O–H groups in total. The summed E-state index contributed by atoms with van der Waals surface area (Å²) in [7, 11) is -3.69. The van der Waals surface area contributed by atoms with Crippen LogP contribution in [-0.2, 0) is 14.8 Å². The molecule has 0 saturated carbocycles. The highest BCUT2D eigenvalue weighted by atomic mass is 32.2. The molecule has 2 heterocycles. The monoisotopic (exact) mass is 421 g/mol. The van der Waals surface area contributed by atoms with Crippen LogP contribution in [-0.4, -0.2) is 49.8 Å². The maximum atomic E-state index is 12.8. The highest BCUT2D eigenvalue weighted by molar-refractivity contribution is 7.89. The van der Waals surface area contributed by atoms with Gasteiger partial charge in [-0.05, 0) is 51.1 Å². The van der Waals surface area contributed by atoms with Crippen molar-refractivity contribution in [2.45, 2.75) is 37.9 Å². The average Bonchev–Trinajstić information content (AvgIpc) is 3.11. The lowest BCUT2D eigenvalue weighted by molar-refractivity contribution is -0.0440. The SMILES string of the molecule is Cc1occc1C(=O)NNC(=O)c1ccc(S(=O)(=O)N2C[C@@H](C)O[C@@H](C)C2)cc1. The second kappa shape index (κ2) is 8.36. The quantitative estimate of drug-likeness (QED) is 0.722. The van der Waals surface area contributed by atoms with Crippen LogP contribution in [0, 0.1) is 6.92 Å². The number of rotatable bonds is 4. The lowest BCUT2D eigenvalue weighted by Crippen LogP contribution is -2.48. The van der Waals surface area contributed by atoms with E-state index in [4.69, 9.17) is 9.15 Å². The number of morpholine rings is 1. The molecule has 1 saturated heterocycles. The summed E-state index contributed by atoms with van der Waals surface area (Å²) in [6, 6.07) is 7.02. The highest BCUT2D eigenvalue weighted by Gasteiger charge is 2.32. The van der Waals surface area contributed by atoms with Crippen molar-refractivity contribution in [1.82, 2.24) is 15.2 Å². The zero-order chi connectivity index (χ0) is 21.2. The first-order valence-electron chi connectivity index (χ1n) is 9.09. The van der Waals surface area contributed by atoms with Crippen LogP contribution in [0.3, 0.4) is 0 Å². The third-order valence-corrected chi connectivity index (χ3v) is 6.38. The van der Waals surface area contributed by atoms with Crippen molar-refractivity contribution < 1.29 is 27.2 Å². The summed E-state index contributed by atoms with van der Waals surface area (Å²) in [6.07, 6.45) is 0.989.